The van der Waals surface area contributed by atoms with Gasteiger partial charge in [0, 0.05) is 39.3 Å². The van der Waals surface area contributed by atoms with Crippen molar-refractivity contribution in [2.45, 2.75) is 20.0 Å². The molecule has 0 saturated carbocycles. The third-order valence-electron chi connectivity index (χ3n) is 5.53. The third kappa shape index (κ3) is 6.35. The number of hydrogen-bond acceptors (Lipinski definition) is 6. The highest BCUT2D eigenvalue weighted by Gasteiger charge is 2.19. The van der Waals surface area contributed by atoms with E-state index in [0.29, 0.717) is 30.3 Å². The zero-order chi connectivity index (χ0) is 22.2. The summed E-state index contributed by atoms with van der Waals surface area (Å²) in [7, 11) is 4.74. The first-order valence-corrected chi connectivity index (χ1v) is 10.6. The van der Waals surface area contributed by atoms with Gasteiger partial charge in [-0.05, 0) is 30.2 Å². The highest BCUT2D eigenvalue weighted by Crippen LogP contribution is 2.38. The molecular formula is C24H33N3O4. The lowest BCUT2D eigenvalue weighted by Crippen LogP contribution is -2.49. The second-order valence-corrected chi connectivity index (χ2v) is 7.85. The molecule has 168 valence electrons. The van der Waals surface area contributed by atoms with E-state index >= 15 is 0 Å². The van der Waals surface area contributed by atoms with Crippen LogP contribution in [0.15, 0.2) is 36.4 Å². The van der Waals surface area contributed by atoms with E-state index in [0.717, 1.165) is 38.3 Å². The van der Waals surface area contributed by atoms with Crippen molar-refractivity contribution in [1.29, 1.82) is 0 Å². The van der Waals surface area contributed by atoms with E-state index in [1.165, 1.54) is 11.1 Å². The fourth-order valence-electron chi connectivity index (χ4n) is 3.87. The van der Waals surface area contributed by atoms with Crippen LogP contribution < -0.4 is 19.5 Å². The summed E-state index contributed by atoms with van der Waals surface area (Å²) in [5, 5.41) is 3.00. The molecule has 1 aliphatic rings. The predicted molar refractivity (Wildman–Crippen MR) is 121 cm³/mol. The number of methoxy groups -OCH3 is 3. The van der Waals surface area contributed by atoms with Gasteiger partial charge in [0.25, 0.3) is 0 Å². The van der Waals surface area contributed by atoms with Crippen molar-refractivity contribution in [2.24, 2.45) is 0 Å². The number of hydrogen-bond donors (Lipinski definition) is 1. The van der Waals surface area contributed by atoms with E-state index in [1.54, 1.807) is 21.3 Å². The number of ether oxygens (including phenoxy) is 3. The number of carbonyl (C=O) groups excluding carboxylic acids is 1. The number of carbonyl (C=O) groups is 1. The van der Waals surface area contributed by atoms with Crippen molar-refractivity contribution in [3.05, 3.63) is 53.1 Å². The summed E-state index contributed by atoms with van der Waals surface area (Å²) in [6, 6.07) is 12.4. The minimum absolute atomic E-state index is 0.0147. The largest absolute Gasteiger partial charge is 0.493 e. The van der Waals surface area contributed by atoms with Gasteiger partial charge >= 0.3 is 0 Å². The zero-order valence-corrected chi connectivity index (χ0v) is 18.9. The standard InChI is InChI=1S/C24H33N3O4/c1-18-6-5-7-19(12-18)16-26-8-10-27(11-9-26)17-23(28)25-15-20-13-21(29-2)24(31-4)22(14-20)30-3/h5-7,12-14H,8-11,15-17H2,1-4H3,(H,25,28). The summed E-state index contributed by atoms with van der Waals surface area (Å²) in [6.45, 7) is 7.61. The molecule has 1 N–H and O–H groups in total. The van der Waals surface area contributed by atoms with Gasteiger partial charge in [0.1, 0.15) is 0 Å². The van der Waals surface area contributed by atoms with Crippen molar-refractivity contribution in [3.8, 4) is 17.2 Å². The Morgan fingerprint density at radius 1 is 0.903 bits per heavy atom. The number of nitrogens with zero attached hydrogens (tertiary/aromatic N) is 2. The van der Waals surface area contributed by atoms with E-state index in [9.17, 15) is 4.79 Å². The maximum absolute atomic E-state index is 12.5. The van der Waals surface area contributed by atoms with Gasteiger partial charge in [0.15, 0.2) is 11.5 Å². The predicted octanol–water partition coefficient (Wildman–Crippen LogP) is 2.45. The molecule has 3 rings (SSSR count). The molecule has 1 amide bonds. The normalized spacial score (nSPS) is 14.8. The Labute approximate surface area is 184 Å². The van der Waals surface area contributed by atoms with Crippen molar-refractivity contribution < 1.29 is 19.0 Å². The monoisotopic (exact) mass is 427 g/mol. The highest BCUT2D eigenvalue weighted by molar-refractivity contribution is 5.78. The molecule has 0 aliphatic carbocycles. The van der Waals surface area contributed by atoms with Crippen LogP contribution in [0.4, 0.5) is 0 Å². The molecule has 2 aromatic rings. The summed E-state index contributed by atoms with van der Waals surface area (Å²) in [6.07, 6.45) is 0. The van der Waals surface area contributed by atoms with E-state index in [-0.39, 0.29) is 5.91 Å². The van der Waals surface area contributed by atoms with Crippen LogP contribution in [0.2, 0.25) is 0 Å². The lowest BCUT2D eigenvalue weighted by atomic mass is 10.1. The lowest BCUT2D eigenvalue weighted by Gasteiger charge is -2.34. The van der Waals surface area contributed by atoms with Gasteiger partial charge in [0.05, 0.1) is 27.9 Å². The van der Waals surface area contributed by atoms with Gasteiger partial charge in [-0.1, -0.05) is 29.8 Å². The first kappa shape index (κ1) is 22.9. The number of amides is 1. The van der Waals surface area contributed by atoms with E-state index in [1.807, 2.05) is 12.1 Å². The zero-order valence-electron chi connectivity index (χ0n) is 18.9. The van der Waals surface area contributed by atoms with Gasteiger partial charge in [0.2, 0.25) is 11.7 Å². The summed E-state index contributed by atoms with van der Waals surface area (Å²) >= 11 is 0. The first-order valence-electron chi connectivity index (χ1n) is 10.6. The van der Waals surface area contributed by atoms with Gasteiger partial charge in [-0.3, -0.25) is 14.6 Å². The first-order chi connectivity index (χ1) is 15.0. The molecule has 1 aliphatic heterocycles. The van der Waals surface area contributed by atoms with Gasteiger partial charge in [-0.2, -0.15) is 0 Å². The average Bonchev–Trinajstić information content (AvgIpc) is 2.78. The summed E-state index contributed by atoms with van der Waals surface area (Å²) in [4.78, 5) is 17.1. The Hall–Kier alpha value is -2.77. The molecule has 0 unspecified atom stereocenters. The molecular weight excluding hydrogens is 394 g/mol. The van der Waals surface area contributed by atoms with Crippen LogP contribution in [-0.4, -0.2) is 69.8 Å². The SMILES string of the molecule is COc1cc(CNC(=O)CN2CCN(Cc3cccc(C)c3)CC2)cc(OC)c1OC. The van der Waals surface area contributed by atoms with Crippen LogP contribution in [0.1, 0.15) is 16.7 Å². The molecule has 0 spiro atoms. The van der Waals surface area contributed by atoms with Crippen LogP contribution in [0.3, 0.4) is 0 Å². The second-order valence-electron chi connectivity index (χ2n) is 7.85. The molecule has 7 heteroatoms. The molecule has 0 aromatic heterocycles. The molecule has 1 heterocycles. The Kier molecular flexibility index (Phi) is 8.14. The number of nitrogens with one attached hydrogen (secondary N) is 1. The number of piperazine rings is 1. The fourth-order valence-corrected chi connectivity index (χ4v) is 3.87. The Balaban J connectivity index is 1.45. The Morgan fingerprint density at radius 3 is 2.13 bits per heavy atom. The third-order valence-corrected chi connectivity index (χ3v) is 5.53. The number of aryl methyl sites for hydroxylation is 1. The minimum atomic E-state index is 0.0147. The smallest absolute Gasteiger partial charge is 0.234 e. The van der Waals surface area contributed by atoms with E-state index in [4.69, 9.17) is 14.2 Å². The lowest BCUT2D eigenvalue weighted by molar-refractivity contribution is -0.122. The molecule has 0 radical (unpaired) electrons. The quantitative estimate of drug-likeness (QED) is 0.663. The number of benzene rings is 2. The molecule has 0 atom stereocenters. The van der Waals surface area contributed by atoms with Crippen LogP contribution in [0.5, 0.6) is 17.2 Å². The van der Waals surface area contributed by atoms with Crippen LogP contribution in [0.25, 0.3) is 0 Å². The van der Waals surface area contributed by atoms with E-state index < -0.39 is 0 Å². The topological polar surface area (TPSA) is 63.3 Å². The van der Waals surface area contributed by atoms with Crippen molar-refractivity contribution >= 4 is 5.91 Å². The molecule has 7 nitrogen and oxygen atoms in total. The molecule has 1 saturated heterocycles. The van der Waals surface area contributed by atoms with Crippen molar-refractivity contribution in [3.63, 3.8) is 0 Å². The van der Waals surface area contributed by atoms with Crippen molar-refractivity contribution in [1.82, 2.24) is 15.1 Å². The van der Waals surface area contributed by atoms with Crippen LogP contribution >= 0.6 is 0 Å². The minimum Gasteiger partial charge on any atom is -0.493 e. The van der Waals surface area contributed by atoms with Gasteiger partial charge < -0.3 is 19.5 Å². The van der Waals surface area contributed by atoms with Crippen molar-refractivity contribution in [2.75, 3.05) is 54.1 Å². The maximum Gasteiger partial charge on any atom is 0.234 e. The fraction of sp³-hybridized carbons (Fsp3) is 0.458. The Morgan fingerprint density at radius 2 is 1.55 bits per heavy atom. The number of rotatable bonds is 9. The molecule has 2 aromatic carbocycles. The summed E-state index contributed by atoms with van der Waals surface area (Å²) < 4.78 is 16.1. The van der Waals surface area contributed by atoms with Gasteiger partial charge in [-0.15, -0.1) is 0 Å². The van der Waals surface area contributed by atoms with Crippen LogP contribution in [0, 0.1) is 6.92 Å². The molecule has 0 bridgehead atoms. The summed E-state index contributed by atoms with van der Waals surface area (Å²) in [5.41, 5.74) is 3.53. The molecule has 31 heavy (non-hydrogen) atoms. The van der Waals surface area contributed by atoms with Crippen LogP contribution in [-0.2, 0) is 17.9 Å². The Bertz CT molecular complexity index is 854. The second kappa shape index (κ2) is 11.0. The van der Waals surface area contributed by atoms with Gasteiger partial charge in [-0.25, -0.2) is 0 Å². The average molecular weight is 428 g/mol. The maximum atomic E-state index is 12.5. The molecule has 1 fully saturated rings. The highest BCUT2D eigenvalue weighted by atomic mass is 16.5. The summed E-state index contributed by atoms with van der Waals surface area (Å²) in [5.74, 6) is 1.72. The van der Waals surface area contributed by atoms with E-state index in [2.05, 4.69) is 46.3 Å².